The van der Waals surface area contributed by atoms with E-state index in [4.69, 9.17) is 0 Å². The molecule has 1 heterocycles. The van der Waals surface area contributed by atoms with Gasteiger partial charge < -0.3 is 10.6 Å². The molecule has 18 heavy (non-hydrogen) atoms. The van der Waals surface area contributed by atoms with Crippen molar-refractivity contribution in [3.8, 4) is 0 Å². The minimum absolute atomic E-state index is 0.880. The number of rotatable bonds is 5. The maximum absolute atomic E-state index is 3.58. The molecule has 2 N–H and O–H groups in total. The van der Waals surface area contributed by atoms with E-state index >= 15 is 0 Å². The highest BCUT2D eigenvalue weighted by Gasteiger charge is 2.11. The molecule has 2 rings (SSSR count). The lowest BCUT2D eigenvalue weighted by molar-refractivity contribution is 0.352. The van der Waals surface area contributed by atoms with Crippen molar-refractivity contribution in [1.82, 2.24) is 10.6 Å². The second-order valence-corrected chi connectivity index (χ2v) is 5.61. The van der Waals surface area contributed by atoms with E-state index in [0.717, 1.165) is 19.0 Å². The fraction of sp³-hybridized carbons (Fsp3) is 0.625. The molecule has 2 nitrogen and oxygen atoms in total. The summed E-state index contributed by atoms with van der Waals surface area (Å²) in [4.78, 5) is 0. The van der Waals surface area contributed by atoms with Gasteiger partial charge in [0, 0.05) is 6.54 Å². The average molecular weight is 246 g/mol. The zero-order chi connectivity index (χ0) is 12.8. The van der Waals surface area contributed by atoms with Gasteiger partial charge in [0.1, 0.15) is 0 Å². The third-order valence-electron chi connectivity index (χ3n) is 3.94. The summed E-state index contributed by atoms with van der Waals surface area (Å²) in [5.41, 5.74) is 4.19. The van der Waals surface area contributed by atoms with Gasteiger partial charge in [-0.3, -0.25) is 0 Å². The van der Waals surface area contributed by atoms with Crippen molar-refractivity contribution in [3.63, 3.8) is 0 Å². The number of nitrogens with one attached hydrogen (secondary N) is 2. The van der Waals surface area contributed by atoms with E-state index in [1.165, 1.54) is 49.0 Å². The Balaban J connectivity index is 1.68. The molecule has 1 unspecified atom stereocenters. The minimum atomic E-state index is 0.880. The molecule has 0 saturated carbocycles. The lowest BCUT2D eigenvalue weighted by Crippen LogP contribution is -2.31. The van der Waals surface area contributed by atoms with Gasteiger partial charge in [0.2, 0.25) is 0 Å². The van der Waals surface area contributed by atoms with Gasteiger partial charge in [-0.15, -0.1) is 0 Å². The third kappa shape index (κ3) is 4.11. The predicted molar refractivity (Wildman–Crippen MR) is 77.8 cm³/mol. The summed E-state index contributed by atoms with van der Waals surface area (Å²) in [7, 11) is 0. The van der Waals surface area contributed by atoms with Crippen molar-refractivity contribution in [1.29, 1.82) is 0 Å². The predicted octanol–water partition coefficient (Wildman–Crippen LogP) is 2.78. The Morgan fingerprint density at radius 3 is 2.94 bits per heavy atom. The molecule has 100 valence electrons. The maximum atomic E-state index is 3.58. The summed E-state index contributed by atoms with van der Waals surface area (Å²) in [6.07, 6.45) is 4.05. The summed E-state index contributed by atoms with van der Waals surface area (Å²) in [5, 5.41) is 7.06. The van der Waals surface area contributed by atoms with Gasteiger partial charge in [-0.1, -0.05) is 23.8 Å². The Kier molecular flexibility index (Phi) is 5.21. The zero-order valence-corrected chi connectivity index (χ0v) is 11.8. The Bertz CT molecular complexity index is 367. The summed E-state index contributed by atoms with van der Waals surface area (Å²) >= 11 is 0. The quantitative estimate of drug-likeness (QED) is 0.781. The van der Waals surface area contributed by atoms with Gasteiger partial charge in [-0.25, -0.2) is 0 Å². The van der Waals surface area contributed by atoms with Crippen LogP contribution in [0.3, 0.4) is 0 Å². The van der Waals surface area contributed by atoms with Crippen LogP contribution in [0.1, 0.15) is 36.0 Å². The van der Waals surface area contributed by atoms with Gasteiger partial charge in [0.25, 0.3) is 0 Å². The Labute approximate surface area is 111 Å². The van der Waals surface area contributed by atoms with Gasteiger partial charge in [0.05, 0.1) is 0 Å². The molecule has 2 heteroatoms. The molecule has 0 amide bonds. The fourth-order valence-electron chi connectivity index (χ4n) is 2.74. The van der Waals surface area contributed by atoms with Crippen molar-refractivity contribution in [2.45, 2.75) is 39.7 Å². The number of piperidine rings is 1. The van der Waals surface area contributed by atoms with Gasteiger partial charge in [-0.05, 0) is 69.8 Å². The van der Waals surface area contributed by atoms with Crippen molar-refractivity contribution >= 4 is 0 Å². The van der Waals surface area contributed by atoms with E-state index in [2.05, 4.69) is 42.7 Å². The Morgan fingerprint density at radius 2 is 2.22 bits per heavy atom. The van der Waals surface area contributed by atoms with E-state index in [1.807, 2.05) is 0 Å². The first-order valence-corrected chi connectivity index (χ1v) is 7.23. The first-order valence-electron chi connectivity index (χ1n) is 7.23. The molecule has 0 radical (unpaired) electrons. The topological polar surface area (TPSA) is 24.1 Å². The zero-order valence-electron chi connectivity index (χ0n) is 11.8. The molecule has 1 aromatic carbocycles. The van der Waals surface area contributed by atoms with E-state index in [1.54, 1.807) is 0 Å². The molecule has 1 aliphatic rings. The van der Waals surface area contributed by atoms with Crippen LogP contribution in [-0.4, -0.2) is 19.6 Å². The molecule has 0 bridgehead atoms. The van der Waals surface area contributed by atoms with Crippen LogP contribution in [0.15, 0.2) is 18.2 Å². The molecule has 1 fully saturated rings. The largest absolute Gasteiger partial charge is 0.316 e. The third-order valence-corrected chi connectivity index (χ3v) is 3.94. The van der Waals surface area contributed by atoms with Crippen molar-refractivity contribution in [2.75, 3.05) is 19.6 Å². The Morgan fingerprint density at radius 1 is 1.33 bits per heavy atom. The van der Waals surface area contributed by atoms with Crippen molar-refractivity contribution in [2.24, 2.45) is 5.92 Å². The van der Waals surface area contributed by atoms with Gasteiger partial charge >= 0.3 is 0 Å². The van der Waals surface area contributed by atoms with E-state index in [9.17, 15) is 0 Å². The van der Waals surface area contributed by atoms with Crippen LogP contribution in [-0.2, 0) is 6.54 Å². The first kappa shape index (κ1) is 13.6. The van der Waals surface area contributed by atoms with Crippen molar-refractivity contribution < 1.29 is 0 Å². The van der Waals surface area contributed by atoms with E-state index in [-0.39, 0.29) is 0 Å². The molecule has 1 aromatic rings. The number of benzene rings is 1. The van der Waals surface area contributed by atoms with Crippen LogP contribution in [0.5, 0.6) is 0 Å². The smallest absolute Gasteiger partial charge is 0.0208 e. The van der Waals surface area contributed by atoms with Gasteiger partial charge in [0.15, 0.2) is 0 Å². The highest BCUT2D eigenvalue weighted by atomic mass is 14.9. The number of hydrogen-bond acceptors (Lipinski definition) is 2. The SMILES string of the molecule is Cc1ccc(CNCCC2CCCNC2)c(C)c1. The fourth-order valence-corrected chi connectivity index (χ4v) is 2.74. The molecule has 0 spiro atoms. The molecule has 1 aliphatic heterocycles. The molecule has 0 aromatic heterocycles. The summed E-state index contributed by atoms with van der Waals surface area (Å²) in [6, 6.07) is 6.72. The van der Waals surface area contributed by atoms with Crippen LogP contribution >= 0.6 is 0 Å². The van der Waals surface area contributed by atoms with Crippen LogP contribution < -0.4 is 10.6 Å². The Hall–Kier alpha value is -0.860. The monoisotopic (exact) mass is 246 g/mol. The molecule has 1 saturated heterocycles. The molecular weight excluding hydrogens is 220 g/mol. The van der Waals surface area contributed by atoms with Gasteiger partial charge in [-0.2, -0.15) is 0 Å². The van der Waals surface area contributed by atoms with E-state index in [0.29, 0.717) is 0 Å². The van der Waals surface area contributed by atoms with Crippen LogP contribution in [0.25, 0.3) is 0 Å². The summed E-state index contributed by atoms with van der Waals surface area (Å²) in [6.45, 7) is 8.93. The standard InChI is InChI=1S/C16H26N2/c1-13-5-6-16(14(2)10-13)12-18-9-7-15-4-3-8-17-11-15/h5-6,10,15,17-18H,3-4,7-9,11-12H2,1-2H3. The highest BCUT2D eigenvalue weighted by molar-refractivity contribution is 5.30. The highest BCUT2D eigenvalue weighted by Crippen LogP contribution is 2.13. The first-order chi connectivity index (χ1) is 8.75. The summed E-state index contributed by atoms with van der Waals surface area (Å²) in [5.74, 6) is 0.880. The number of hydrogen-bond donors (Lipinski definition) is 2. The normalized spacial score (nSPS) is 20.0. The lowest BCUT2D eigenvalue weighted by atomic mass is 9.96. The summed E-state index contributed by atoms with van der Waals surface area (Å²) < 4.78 is 0. The van der Waals surface area contributed by atoms with Crippen LogP contribution in [0.2, 0.25) is 0 Å². The number of aryl methyl sites for hydroxylation is 2. The van der Waals surface area contributed by atoms with Crippen LogP contribution in [0, 0.1) is 19.8 Å². The minimum Gasteiger partial charge on any atom is -0.316 e. The second kappa shape index (κ2) is 6.91. The second-order valence-electron chi connectivity index (χ2n) is 5.61. The molecular formula is C16H26N2. The molecule has 0 aliphatic carbocycles. The molecule has 1 atom stereocenters. The van der Waals surface area contributed by atoms with Crippen LogP contribution in [0.4, 0.5) is 0 Å². The lowest BCUT2D eigenvalue weighted by Gasteiger charge is -2.22. The van der Waals surface area contributed by atoms with Crippen molar-refractivity contribution in [3.05, 3.63) is 34.9 Å². The maximum Gasteiger partial charge on any atom is 0.0208 e. The average Bonchev–Trinajstić information content (AvgIpc) is 2.38. The van der Waals surface area contributed by atoms with E-state index < -0.39 is 0 Å².